The molecule has 0 atom stereocenters. The molecule has 1 aliphatic heterocycles. The molecule has 0 aliphatic carbocycles. The lowest BCUT2D eigenvalue weighted by Gasteiger charge is -2.35. The SMILES string of the molecule is C=CC(=O)Nc1ccccc1C(=O)N1CCC(C)(C#N)CC1. The van der Waals surface area contributed by atoms with Crippen LogP contribution in [0.5, 0.6) is 0 Å². The second-order valence-electron chi connectivity index (χ2n) is 5.70. The van der Waals surface area contributed by atoms with Crippen molar-refractivity contribution in [3.63, 3.8) is 0 Å². The highest BCUT2D eigenvalue weighted by Gasteiger charge is 2.32. The standard InChI is InChI=1S/C17H19N3O2/c1-3-15(21)19-14-7-5-4-6-13(14)16(22)20-10-8-17(2,12-18)9-11-20/h3-7H,1,8-11H2,2H3,(H,19,21). The summed E-state index contributed by atoms with van der Waals surface area (Å²) in [5, 5.41) is 11.8. The van der Waals surface area contributed by atoms with E-state index in [9.17, 15) is 9.59 Å². The number of carbonyl (C=O) groups is 2. The first kappa shape index (κ1) is 15.8. The van der Waals surface area contributed by atoms with Crippen LogP contribution >= 0.6 is 0 Å². The van der Waals surface area contributed by atoms with Gasteiger partial charge in [0.05, 0.1) is 22.7 Å². The highest BCUT2D eigenvalue weighted by Crippen LogP contribution is 2.31. The van der Waals surface area contributed by atoms with Crippen LogP contribution in [0.1, 0.15) is 30.1 Å². The fraction of sp³-hybridized carbons (Fsp3) is 0.353. The van der Waals surface area contributed by atoms with E-state index >= 15 is 0 Å². The van der Waals surface area contributed by atoms with Gasteiger partial charge in [0.2, 0.25) is 5.91 Å². The van der Waals surface area contributed by atoms with E-state index in [1.165, 1.54) is 6.08 Å². The molecule has 5 heteroatoms. The number of hydrogen-bond donors (Lipinski definition) is 1. The van der Waals surface area contributed by atoms with Crippen LogP contribution in [0, 0.1) is 16.7 Å². The Balaban J connectivity index is 2.16. The third-order valence-corrected chi connectivity index (χ3v) is 4.02. The van der Waals surface area contributed by atoms with Crippen molar-refractivity contribution in [3.05, 3.63) is 42.5 Å². The van der Waals surface area contributed by atoms with Gasteiger partial charge in [-0.05, 0) is 38.0 Å². The van der Waals surface area contributed by atoms with Gasteiger partial charge in [-0.25, -0.2) is 0 Å². The Labute approximate surface area is 130 Å². The normalized spacial score (nSPS) is 16.5. The Kier molecular flexibility index (Phi) is 4.62. The molecule has 2 rings (SSSR count). The minimum absolute atomic E-state index is 0.125. The quantitative estimate of drug-likeness (QED) is 0.871. The third kappa shape index (κ3) is 3.34. The Hall–Kier alpha value is -2.61. The molecule has 0 saturated carbocycles. The van der Waals surface area contributed by atoms with Gasteiger partial charge in [0, 0.05) is 13.1 Å². The number of anilines is 1. The highest BCUT2D eigenvalue weighted by atomic mass is 16.2. The summed E-state index contributed by atoms with van der Waals surface area (Å²) in [5.41, 5.74) is 0.581. The molecule has 22 heavy (non-hydrogen) atoms. The van der Waals surface area contributed by atoms with Gasteiger partial charge in [0.15, 0.2) is 0 Å². The third-order valence-electron chi connectivity index (χ3n) is 4.02. The molecule has 1 aromatic rings. The zero-order chi connectivity index (χ0) is 16.2. The lowest BCUT2D eigenvalue weighted by Crippen LogP contribution is -2.41. The molecule has 1 aromatic carbocycles. The van der Waals surface area contributed by atoms with Crippen molar-refractivity contribution in [3.8, 4) is 6.07 Å². The van der Waals surface area contributed by atoms with Crippen LogP contribution in [0.4, 0.5) is 5.69 Å². The molecule has 1 heterocycles. The fourth-order valence-electron chi connectivity index (χ4n) is 2.45. The zero-order valence-corrected chi connectivity index (χ0v) is 12.6. The van der Waals surface area contributed by atoms with Crippen LogP contribution in [-0.2, 0) is 4.79 Å². The van der Waals surface area contributed by atoms with Crippen LogP contribution in [0.15, 0.2) is 36.9 Å². The van der Waals surface area contributed by atoms with Crippen LogP contribution < -0.4 is 5.32 Å². The van der Waals surface area contributed by atoms with Crippen LogP contribution in [0.2, 0.25) is 0 Å². The van der Waals surface area contributed by atoms with Crippen LogP contribution in [-0.4, -0.2) is 29.8 Å². The summed E-state index contributed by atoms with van der Waals surface area (Å²) < 4.78 is 0. The van der Waals surface area contributed by atoms with Gasteiger partial charge in [0.1, 0.15) is 0 Å². The van der Waals surface area contributed by atoms with Crippen molar-refractivity contribution in [1.29, 1.82) is 5.26 Å². The van der Waals surface area contributed by atoms with Gasteiger partial charge in [-0.2, -0.15) is 5.26 Å². The molecular formula is C17H19N3O2. The predicted molar refractivity (Wildman–Crippen MR) is 84.1 cm³/mol. The lowest BCUT2D eigenvalue weighted by atomic mass is 9.82. The monoisotopic (exact) mass is 297 g/mol. The van der Waals surface area contributed by atoms with E-state index in [0.29, 0.717) is 37.2 Å². The summed E-state index contributed by atoms with van der Waals surface area (Å²) in [5.74, 6) is -0.476. The summed E-state index contributed by atoms with van der Waals surface area (Å²) >= 11 is 0. The van der Waals surface area contributed by atoms with E-state index in [2.05, 4.69) is 18.0 Å². The second kappa shape index (κ2) is 6.44. The number of nitriles is 1. The predicted octanol–water partition coefficient (Wildman–Crippen LogP) is 2.58. The van der Waals surface area contributed by atoms with E-state index in [0.717, 1.165) is 0 Å². The number of benzene rings is 1. The van der Waals surface area contributed by atoms with Crippen molar-refractivity contribution >= 4 is 17.5 Å². The molecule has 0 aromatic heterocycles. The molecule has 114 valence electrons. The van der Waals surface area contributed by atoms with E-state index in [-0.39, 0.29) is 17.2 Å². The summed E-state index contributed by atoms with van der Waals surface area (Å²) in [4.78, 5) is 25.9. The van der Waals surface area contributed by atoms with Gasteiger partial charge in [-0.1, -0.05) is 18.7 Å². The number of nitrogens with zero attached hydrogens (tertiary/aromatic N) is 2. The fourth-order valence-corrected chi connectivity index (χ4v) is 2.45. The molecule has 0 bridgehead atoms. The van der Waals surface area contributed by atoms with Crippen molar-refractivity contribution < 1.29 is 9.59 Å². The first-order valence-electron chi connectivity index (χ1n) is 7.22. The Morgan fingerprint density at radius 2 is 2.00 bits per heavy atom. The minimum atomic E-state index is -0.354. The number of piperidine rings is 1. The molecule has 1 N–H and O–H groups in total. The zero-order valence-electron chi connectivity index (χ0n) is 12.6. The number of hydrogen-bond acceptors (Lipinski definition) is 3. The number of nitrogens with one attached hydrogen (secondary N) is 1. The first-order valence-corrected chi connectivity index (χ1v) is 7.22. The number of para-hydroxylation sites is 1. The average molecular weight is 297 g/mol. The smallest absolute Gasteiger partial charge is 0.255 e. The summed E-state index contributed by atoms with van der Waals surface area (Å²) in [6, 6.07) is 9.23. The van der Waals surface area contributed by atoms with Gasteiger partial charge < -0.3 is 10.2 Å². The maximum atomic E-state index is 12.7. The van der Waals surface area contributed by atoms with Crippen molar-refractivity contribution in [2.24, 2.45) is 5.41 Å². The number of likely N-dealkylation sites (tertiary alicyclic amines) is 1. The van der Waals surface area contributed by atoms with Gasteiger partial charge in [-0.15, -0.1) is 0 Å². The second-order valence-corrected chi connectivity index (χ2v) is 5.70. The molecule has 5 nitrogen and oxygen atoms in total. The Bertz CT molecular complexity index is 638. The van der Waals surface area contributed by atoms with Gasteiger partial charge in [0.25, 0.3) is 5.91 Å². The van der Waals surface area contributed by atoms with E-state index in [1.807, 2.05) is 6.92 Å². The highest BCUT2D eigenvalue weighted by molar-refractivity contribution is 6.06. The largest absolute Gasteiger partial charge is 0.338 e. The van der Waals surface area contributed by atoms with Gasteiger partial charge in [-0.3, -0.25) is 9.59 Å². The average Bonchev–Trinajstić information content (AvgIpc) is 2.55. The molecule has 1 aliphatic rings. The number of carbonyl (C=O) groups excluding carboxylic acids is 2. The number of rotatable bonds is 3. The Morgan fingerprint density at radius 1 is 1.36 bits per heavy atom. The minimum Gasteiger partial charge on any atom is -0.338 e. The van der Waals surface area contributed by atoms with Crippen molar-refractivity contribution in [2.45, 2.75) is 19.8 Å². The summed E-state index contributed by atoms with van der Waals surface area (Å²) in [6.07, 6.45) is 2.49. The topological polar surface area (TPSA) is 73.2 Å². The van der Waals surface area contributed by atoms with Crippen LogP contribution in [0.25, 0.3) is 0 Å². The van der Waals surface area contributed by atoms with Crippen LogP contribution in [0.3, 0.4) is 0 Å². The van der Waals surface area contributed by atoms with E-state index in [1.54, 1.807) is 29.2 Å². The summed E-state index contributed by atoms with van der Waals surface area (Å²) in [6.45, 7) is 6.43. The maximum absolute atomic E-state index is 12.7. The molecule has 0 spiro atoms. The lowest BCUT2D eigenvalue weighted by molar-refractivity contribution is -0.111. The van der Waals surface area contributed by atoms with Crippen molar-refractivity contribution in [1.82, 2.24) is 4.90 Å². The molecule has 2 amide bonds. The molecule has 1 saturated heterocycles. The van der Waals surface area contributed by atoms with Crippen molar-refractivity contribution in [2.75, 3.05) is 18.4 Å². The molecule has 1 fully saturated rings. The molecule has 0 radical (unpaired) electrons. The number of amides is 2. The molecular weight excluding hydrogens is 278 g/mol. The Morgan fingerprint density at radius 3 is 2.59 bits per heavy atom. The van der Waals surface area contributed by atoms with E-state index < -0.39 is 0 Å². The molecule has 0 unspecified atom stereocenters. The summed E-state index contributed by atoms with van der Waals surface area (Å²) in [7, 11) is 0. The maximum Gasteiger partial charge on any atom is 0.255 e. The first-order chi connectivity index (χ1) is 10.5. The van der Waals surface area contributed by atoms with Gasteiger partial charge >= 0.3 is 0 Å². The van der Waals surface area contributed by atoms with E-state index in [4.69, 9.17) is 5.26 Å².